The van der Waals surface area contributed by atoms with Gasteiger partial charge in [-0.1, -0.05) is 79.7 Å². The van der Waals surface area contributed by atoms with Gasteiger partial charge in [0.05, 0.1) is 25.4 Å². The molecule has 5 aliphatic carbocycles. The third-order valence-electron chi connectivity index (χ3n) is 11.0. The summed E-state index contributed by atoms with van der Waals surface area (Å²) in [5, 5.41) is 0. The van der Waals surface area contributed by atoms with E-state index in [1.807, 2.05) is 0 Å². The smallest absolute Gasteiger partial charge is 0.335 e. The van der Waals surface area contributed by atoms with Gasteiger partial charge in [-0.05, 0) is 91.9 Å². The average Bonchev–Trinajstić information content (AvgIpc) is 2.91. The molecule has 2 aromatic rings. The van der Waals surface area contributed by atoms with Gasteiger partial charge in [-0.2, -0.15) is 0 Å². The van der Waals surface area contributed by atoms with Crippen molar-refractivity contribution in [2.45, 2.75) is 115 Å². The van der Waals surface area contributed by atoms with Crippen molar-refractivity contribution in [1.29, 1.82) is 0 Å². The third-order valence-corrected chi connectivity index (χ3v) is 11.0. The number of ether oxygens (including phenoxy) is 2. The van der Waals surface area contributed by atoms with E-state index in [0.29, 0.717) is 11.1 Å². The Kier molecular flexibility index (Phi) is 5.69. The second kappa shape index (κ2) is 8.33. The van der Waals surface area contributed by atoms with Gasteiger partial charge in [0.15, 0.2) is 0 Å². The number of rotatable bonds is 2. The Balaban J connectivity index is 1.73. The fourth-order valence-corrected chi connectivity index (χ4v) is 8.24. The van der Waals surface area contributed by atoms with Gasteiger partial charge in [0.1, 0.15) is 0 Å². The van der Waals surface area contributed by atoms with E-state index in [9.17, 15) is 9.59 Å². The first-order valence-corrected chi connectivity index (χ1v) is 14.8. The molecule has 2 bridgehead atoms. The molecule has 0 aromatic heterocycles. The van der Waals surface area contributed by atoms with Crippen molar-refractivity contribution in [3.8, 4) is 0 Å². The molecule has 4 nitrogen and oxygen atoms in total. The van der Waals surface area contributed by atoms with Crippen molar-refractivity contribution in [3.63, 3.8) is 0 Å². The van der Waals surface area contributed by atoms with Gasteiger partial charge in [0.25, 0.3) is 0 Å². The zero-order valence-corrected chi connectivity index (χ0v) is 25.9. The average molecular weight is 541 g/mol. The summed E-state index contributed by atoms with van der Waals surface area (Å²) in [5.74, 6) is -1.62. The molecule has 0 unspecified atom stereocenters. The molecule has 0 aliphatic heterocycles. The van der Waals surface area contributed by atoms with Gasteiger partial charge in [-0.3, -0.25) is 0 Å². The highest BCUT2D eigenvalue weighted by atomic mass is 16.5. The van der Waals surface area contributed by atoms with Gasteiger partial charge < -0.3 is 9.47 Å². The van der Waals surface area contributed by atoms with Crippen LogP contribution in [0, 0.1) is 0 Å². The van der Waals surface area contributed by atoms with Crippen molar-refractivity contribution in [1.82, 2.24) is 0 Å². The summed E-state index contributed by atoms with van der Waals surface area (Å²) in [6.07, 6.45) is 4.45. The van der Waals surface area contributed by atoms with Gasteiger partial charge in [-0.25, -0.2) is 9.59 Å². The summed E-state index contributed by atoms with van der Waals surface area (Å²) < 4.78 is 10.7. The first-order valence-electron chi connectivity index (χ1n) is 14.8. The number of carbonyl (C=O) groups is 2. The Morgan fingerprint density at radius 3 is 0.950 bits per heavy atom. The lowest BCUT2D eigenvalue weighted by Crippen LogP contribution is -2.40. The lowest BCUT2D eigenvalue weighted by molar-refractivity contribution is -0.140. The summed E-state index contributed by atoms with van der Waals surface area (Å²) in [4.78, 5) is 27.1. The summed E-state index contributed by atoms with van der Waals surface area (Å²) in [6, 6.07) is 9.49. The Morgan fingerprint density at radius 1 is 0.525 bits per heavy atom. The van der Waals surface area contributed by atoms with Crippen LogP contribution in [0.3, 0.4) is 0 Å². The lowest BCUT2D eigenvalue weighted by atomic mass is 9.55. The minimum Gasteiger partial charge on any atom is -0.466 e. The predicted molar refractivity (Wildman–Crippen MR) is 158 cm³/mol. The molecule has 7 rings (SSSR count). The molecule has 0 spiro atoms. The normalized spacial score (nSPS) is 25.8. The van der Waals surface area contributed by atoms with Crippen LogP contribution in [0.4, 0.5) is 0 Å². The summed E-state index contributed by atoms with van der Waals surface area (Å²) in [6.45, 7) is 18.7. The van der Waals surface area contributed by atoms with Crippen LogP contribution in [-0.4, -0.2) is 26.2 Å². The molecule has 2 aromatic carbocycles. The Morgan fingerprint density at radius 2 is 0.750 bits per heavy atom. The first-order chi connectivity index (χ1) is 18.6. The number of methoxy groups -OCH3 is 2. The third kappa shape index (κ3) is 3.56. The Hall–Kier alpha value is -2.88. The van der Waals surface area contributed by atoms with Crippen LogP contribution < -0.4 is 0 Å². The highest BCUT2D eigenvalue weighted by Crippen LogP contribution is 2.60. The van der Waals surface area contributed by atoms with Crippen LogP contribution >= 0.6 is 0 Å². The number of hydrogen-bond acceptors (Lipinski definition) is 4. The second-order valence-corrected chi connectivity index (χ2v) is 15.3. The maximum Gasteiger partial charge on any atom is 0.335 e. The maximum atomic E-state index is 13.6. The molecule has 0 amide bonds. The number of fused-ring (bicyclic) bond motifs is 2. The molecule has 0 saturated carbocycles. The number of hydrogen-bond donors (Lipinski definition) is 0. The summed E-state index contributed by atoms with van der Waals surface area (Å²) >= 11 is 0. The van der Waals surface area contributed by atoms with E-state index in [1.165, 1.54) is 36.5 Å². The number of carbonyl (C=O) groups excluding carboxylic acids is 2. The monoisotopic (exact) mass is 540 g/mol. The molecule has 0 fully saturated rings. The molecule has 0 saturated heterocycles. The molecule has 4 heteroatoms. The number of esters is 2. The molecule has 0 atom stereocenters. The molecule has 0 N–H and O–H groups in total. The van der Waals surface area contributed by atoms with E-state index in [2.05, 4.69) is 79.7 Å². The fourth-order valence-electron chi connectivity index (χ4n) is 8.24. The van der Waals surface area contributed by atoms with Crippen molar-refractivity contribution >= 4 is 11.9 Å². The Labute approximate surface area is 239 Å². The molecular weight excluding hydrogens is 496 g/mol. The zero-order valence-electron chi connectivity index (χ0n) is 25.9. The highest BCUT2D eigenvalue weighted by molar-refractivity contribution is 6.06. The molecule has 40 heavy (non-hydrogen) atoms. The van der Waals surface area contributed by atoms with Crippen LogP contribution in [0.5, 0.6) is 0 Å². The van der Waals surface area contributed by atoms with E-state index in [4.69, 9.17) is 9.47 Å². The molecule has 5 aliphatic rings. The second-order valence-electron chi connectivity index (χ2n) is 15.3. The van der Waals surface area contributed by atoms with E-state index >= 15 is 0 Å². The molecule has 0 radical (unpaired) electrons. The fraction of sp³-hybridized carbons (Fsp3) is 0.556. The van der Waals surface area contributed by atoms with Gasteiger partial charge in [-0.15, -0.1) is 0 Å². The van der Waals surface area contributed by atoms with Crippen LogP contribution in [0.1, 0.15) is 137 Å². The van der Waals surface area contributed by atoms with E-state index in [0.717, 1.165) is 47.9 Å². The van der Waals surface area contributed by atoms with E-state index in [1.54, 1.807) is 0 Å². The largest absolute Gasteiger partial charge is 0.466 e. The summed E-state index contributed by atoms with van der Waals surface area (Å²) in [7, 11) is 2.82. The van der Waals surface area contributed by atoms with Gasteiger partial charge in [0.2, 0.25) is 0 Å². The van der Waals surface area contributed by atoms with Crippen LogP contribution in [0.15, 0.2) is 35.4 Å². The lowest BCUT2D eigenvalue weighted by Gasteiger charge is -2.48. The van der Waals surface area contributed by atoms with Crippen LogP contribution in [0.25, 0.3) is 0 Å². The quantitative estimate of drug-likeness (QED) is 0.368. The van der Waals surface area contributed by atoms with Crippen LogP contribution in [-0.2, 0) is 40.7 Å². The van der Waals surface area contributed by atoms with Gasteiger partial charge >= 0.3 is 11.9 Å². The van der Waals surface area contributed by atoms with E-state index < -0.39 is 11.9 Å². The standard InChI is InChI=1S/C36H44O4/c1-33(2)11-12-34(3,4)24-16-20-19(15-23(24)33)27-21-17-25-26(36(7,8)14-13-35(25,5)6)18-22(21)28(20)30(32(38)40-10)29(27)31(37)39-9/h15-18,27-28H,11-14H2,1-10H3. The van der Waals surface area contributed by atoms with Crippen LogP contribution in [0.2, 0.25) is 0 Å². The summed E-state index contributed by atoms with van der Waals surface area (Å²) in [5.41, 5.74) is 11.0. The molecular formula is C36H44O4. The topological polar surface area (TPSA) is 52.6 Å². The molecule has 212 valence electrons. The SMILES string of the molecule is COC(=O)C1=C(C(=O)OC)C2c3cc4c(cc3C1c1cc3c(cc12)C(C)(C)CCC3(C)C)C(C)(C)CCC4(C)C. The predicted octanol–water partition coefficient (Wildman–Crippen LogP) is 7.62. The van der Waals surface area contributed by atoms with E-state index in [-0.39, 0.29) is 33.5 Å². The number of benzene rings is 2. The maximum absolute atomic E-state index is 13.6. The van der Waals surface area contributed by atoms with Crippen molar-refractivity contribution in [2.75, 3.05) is 14.2 Å². The van der Waals surface area contributed by atoms with Gasteiger partial charge in [0, 0.05) is 11.8 Å². The minimum absolute atomic E-state index is 0.0294. The highest BCUT2D eigenvalue weighted by Gasteiger charge is 2.51. The Bertz CT molecular complexity index is 1310. The zero-order chi connectivity index (χ0) is 29.2. The minimum atomic E-state index is -0.443. The van der Waals surface area contributed by atoms with Crippen molar-refractivity contribution in [3.05, 3.63) is 79.9 Å². The first kappa shape index (κ1) is 27.3. The van der Waals surface area contributed by atoms with Crippen molar-refractivity contribution in [2.24, 2.45) is 0 Å². The van der Waals surface area contributed by atoms with Crippen molar-refractivity contribution < 1.29 is 19.1 Å². The molecule has 0 heterocycles.